The minimum Gasteiger partial charge on any atom is -0.397 e. The molecule has 0 radical (unpaired) electrons. The molecule has 0 aliphatic rings. The van der Waals surface area contributed by atoms with E-state index in [2.05, 4.69) is 15.0 Å². The molecule has 0 aliphatic carbocycles. The third-order valence-corrected chi connectivity index (χ3v) is 5.38. The van der Waals surface area contributed by atoms with Crippen LogP contribution in [0.25, 0.3) is 10.1 Å². The van der Waals surface area contributed by atoms with E-state index in [0.717, 1.165) is 10.1 Å². The van der Waals surface area contributed by atoms with Gasteiger partial charge in [-0.25, -0.2) is 13.1 Å². The first-order valence-corrected chi connectivity index (χ1v) is 8.79. The smallest absolute Gasteiger partial charge is 0.263 e. The molecule has 9 heteroatoms. The highest BCUT2D eigenvalue weighted by Crippen LogP contribution is 2.32. The van der Waals surface area contributed by atoms with E-state index in [-0.39, 0.29) is 18.2 Å². The number of thiophene rings is 1. The lowest BCUT2D eigenvalue weighted by molar-refractivity contribution is 0.0961. The second-order valence-electron chi connectivity index (χ2n) is 4.29. The SMILES string of the molecule is CCNS(=O)(=O)CCNC(=O)c1sc2cnccc2c1N. The number of carbonyl (C=O) groups is 1. The van der Waals surface area contributed by atoms with E-state index in [1.807, 2.05) is 0 Å². The Hall–Kier alpha value is -1.71. The highest BCUT2D eigenvalue weighted by molar-refractivity contribution is 7.89. The molecule has 0 spiro atoms. The summed E-state index contributed by atoms with van der Waals surface area (Å²) in [6.45, 7) is 2.05. The van der Waals surface area contributed by atoms with Crippen molar-refractivity contribution in [1.29, 1.82) is 0 Å². The maximum atomic E-state index is 12.1. The number of anilines is 1. The summed E-state index contributed by atoms with van der Waals surface area (Å²) in [5, 5.41) is 3.35. The van der Waals surface area contributed by atoms with E-state index in [0.29, 0.717) is 17.1 Å². The summed E-state index contributed by atoms with van der Waals surface area (Å²) >= 11 is 1.24. The largest absolute Gasteiger partial charge is 0.397 e. The van der Waals surface area contributed by atoms with Gasteiger partial charge in [-0.3, -0.25) is 9.78 Å². The Morgan fingerprint density at radius 1 is 1.48 bits per heavy atom. The van der Waals surface area contributed by atoms with Crippen LogP contribution in [-0.4, -0.2) is 38.2 Å². The summed E-state index contributed by atoms with van der Waals surface area (Å²) in [7, 11) is -3.35. The van der Waals surface area contributed by atoms with Crippen LogP contribution in [0.4, 0.5) is 5.69 Å². The molecule has 0 fully saturated rings. The zero-order valence-electron chi connectivity index (χ0n) is 11.4. The molecule has 0 atom stereocenters. The number of nitrogen functional groups attached to an aromatic ring is 1. The number of nitrogens with zero attached hydrogens (tertiary/aromatic N) is 1. The van der Waals surface area contributed by atoms with Gasteiger partial charge in [-0.05, 0) is 6.07 Å². The Kier molecular flexibility index (Phi) is 4.76. The fraction of sp³-hybridized carbons (Fsp3) is 0.333. The normalized spacial score (nSPS) is 11.7. The third kappa shape index (κ3) is 3.69. The van der Waals surface area contributed by atoms with Gasteiger partial charge in [0.1, 0.15) is 4.88 Å². The van der Waals surface area contributed by atoms with Crippen LogP contribution in [-0.2, 0) is 10.0 Å². The minimum absolute atomic E-state index is 0.0279. The molecule has 2 rings (SSSR count). The van der Waals surface area contributed by atoms with Gasteiger partial charge >= 0.3 is 0 Å². The van der Waals surface area contributed by atoms with Crippen molar-refractivity contribution in [2.45, 2.75) is 6.92 Å². The highest BCUT2D eigenvalue weighted by atomic mass is 32.2. The van der Waals surface area contributed by atoms with E-state index >= 15 is 0 Å². The molecule has 0 aromatic carbocycles. The first-order valence-electron chi connectivity index (χ1n) is 6.32. The number of nitrogens with one attached hydrogen (secondary N) is 2. The molecule has 2 aromatic rings. The average molecular weight is 328 g/mol. The van der Waals surface area contributed by atoms with Crippen LogP contribution in [0.3, 0.4) is 0 Å². The van der Waals surface area contributed by atoms with Gasteiger partial charge in [0.25, 0.3) is 5.91 Å². The number of aromatic nitrogens is 1. The first kappa shape index (κ1) is 15.7. The van der Waals surface area contributed by atoms with Gasteiger partial charge in [0, 0.05) is 30.9 Å². The zero-order chi connectivity index (χ0) is 15.5. The van der Waals surface area contributed by atoms with Crippen LogP contribution in [0.5, 0.6) is 0 Å². The molecule has 0 aliphatic heterocycles. The van der Waals surface area contributed by atoms with Gasteiger partial charge < -0.3 is 11.1 Å². The molecule has 0 unspecified atom stereocenters. The number of carbonyl (C=O) groups excluding carboxylic acids is 1. The zero-order valence-corrected chi connectivity index (χ0v) is 13.1. The Morgan fingerprint density at radius 2 is 2.24 bits per heavy atom. The number of hydrogen-bond acceptors (Lipinski definition) is 6. The predicted octanol–water partition coefficient (Wildman–Crippen LogP) is 0.548. The van der Waals surface area contributed by atoms with Crippen LogP contribution in [0, 0.1) is 0 Å². The molecule has 2 heterocycles. The van der Waals surface area contributed by atoms with Crippen LogP contribution >= 0.6 is 11.3 Å². The van der Waals surface area contributed by atoms with E-state index in [4.69, 9.17) is 5.73 Å². The number of fused-ring (bicyclic) bond motifs is 1. The number of hydrogen-bond donors (Lipinski definition) is 3. The first-order chi connectivity index (χ1) is 9.94. The summed E-state index contributed by atoms with van der Waals surface area (Å²) in [5.41, 5.74) is 6.33. The standard InChI is InChI=1S/C12H16N4O3S2/c1-2-16-21(18,19)6-5-15-12(17)11-10(13)8-3-4-14-7-9(8)20-11/h3-4,7,16H,2,5-6,13H2,1H3,(H,15,17). The van der Waals surface area contributed by atoms with Crippen molar-refractivity contribution in [3.8, 4) is 0 Å². The maximum absolute atomic E-state index is 12.1. The molecule has 114 valence electrons. The molecule has 2 aromatic heterocycles. The quantitative estimate of drug-likeness (QED) is 0.716. The number of sulfonamides is 1. The van der Waals surface area contributed by atoms with Gasteiger partial charge in [-0.1, -0.05) is 6.92 Å². The van der Waals surface area contributed by atoms with Crippen molar-refractivity contribution in [1.82, 2.24) is 15.0 Å². The molecule has 21 heavy (non-hydrogen) atoms. The topological polar surface area (TPSA) is 114 Å². The van der Waals surface area contributed by atoms with E-state index in [1.54, 1.807) is 25.4 Å². The molecule has 1 amide bonds. The molecular formula is C12H16N4O3S2. The molecule has 0 saturated heterocycles. The summed E-state index contributed by atoms with van der Waals surface area (Å²) in [4.78, 5) is 16.4. The lowest BCUT2D eigenvalue weighted by Crippen LogP contribution is -2.34. The lowest BCUT2D eigenvalue weighted by Gasteiger charge is -2.06. The molecule has 0 bridgehead atoms. The van der Waals surface area contributed by atoms with E-state index < -0.39 is 10.0 Å². The Balaban J connectivity index is 2.04. The Bertz CT molecular complexity index is 755. The summed E-state index contributed by atoms with van der Waals surface area (Å²) in [6.07, 6.45) is 3.25. The van der Waals surface area contributed by atoms with Gasteiger partial charge in [0.15, 0.2) is 0 Å². The Labute approximate surface area is 126 Å². The van der Waals surface area contributed by atoms with Gasteiger partial charge in [0.05, 0.1) is 16.1 Å². The predicted molar refractivity (Wildman–Crippen MR) is 83.8 cm³/mol. The lowest BCUT2D eigenvalue weighted by atomic mass is 10.2. The fourth-order valence-corrected chi connectivity index (χ4v) is 3.77. The van der Waals surface area contributed by atoms with Crippen LogP contribution < -0.4 is 15.8 Å². The second-order valence-corrected chi connectivity index (χ2v) is 7.27. The molecule has 0 saturated carbocycles. The van der Waals surface area contributed by atoms with E-state index in [1.165, 1.54) is 11.3 Å². The van der Waals surface area contributed by atoms with Crippen LogP contribution in [0.1, 0.15) is 16.6 Å². The average Bonchev–Trinajstić information content (AvgIpc) is 2.76. The molecule has 7 nitrogen and oxygen atoms in total. The number of amides is 1. The van der Waals surface area contributed by atoms with Crippen molar-refractivity contribution in [2.75, 3.05) is 24.6 Å². The van der Waals surface area contributed by atoms with Crippen molar-refractivity contribution < 1.29 is 13.2 Å². The van der Waals surface area contributed by atoms with Crippen molar-refractivity contribution >= 4 is 43.0 Å². The van der Waals surface area contributed by atoms with Crippen LogP contribution in [0.2, 0.25) is 0 Å². The number of nitrogens with two attached hydrogens (primary N) is 1. The van der Waals surface area contributed by atoms with Gasteiger partial charge in [0.2, 0.25) is 10.0 Å². The maximum Gasteiger partial charge on any atom is 0.263 e. The van der Waals surface area contributed by atoms with Crippen molar-refractivity contribution in [3.63, 3.8) is 0 Å². The monoisotopic (exact) mass is 328 g/mol. The number of rotatable bonds is 6. The van der Waals surface area contributed by atoms with E-state index in [9.17, 15) is 13.2 Å². The summed E-state index contributed by atoms with van der Waals surface area (Å²) < 4.78 is 26.1. The number of pyridine rings is 1. The fourth-order valence-electron chi connectivity index (χ4n) is 1.81. The van der Waals surface area contributed by atoms with Gasteiger partial charge in [-0.15, -0.1) is 11.3 Å². The summed E-state index contributed by atoms with van der Waals surface area (Å²) in [6, 6.07) is 1.74. The summed E-state index contributed by atoms with van der Waals surface area (Å²) in [5.74, 6) is -0.542. The highest BCUT2D eigenvalue weighted by Gasteiger charge is 2.17. The third-order valence-electron chi connectivity index (χ3n) is 2.76. The van der Waals surface area contributed by atoms with Gasteiger partial charge in [-0.2, -0.15) is 0 Å². The minimum atomic E-state index is -3.35. The second kappa shape index (κ2) is 6.37. The van der Waals surface area contributed by atoms with Crippen molar-refractivity contribution in [2.24, 2.45) is 0 Å². The Morgan fingerprint density at radius 3 is 2.90 bits per heavy atom. The van der Waals surface area contributed by atoms with Crippen LogP contribution in [0.15, 0.2) is 18.5 Å². The van der Waals surface area contributed by atoms with Crippen molar-refractivity contribution in [3.05, 3.63) is 23.3 Å². The molecule has 4 N–H and O–H groups in total. The molecular weight excluding hydrogens is 312 g/mol.